The van der Waals surface area contributed by atoms with E-state index < -0.39 is 10.0 Å². The molecule has 0 unspecified atom stereocenters. The maximum Gasteiger partial charge on any atom is 0.284 e. The lowest BCUT2D eigenvalue weighted by atomic mass is 10.0. The average Bonchev–Trinajstić information content (AvgIpc) is 2.88. The maximum atomic E-state index is 12.9. The largest absolute Gasteiger partial charge is 0.326 e. The van der Waals surface area contributed by atoms with Crippen LogP contribution in [0, 0.1) is 6.92 Å². The van der Waals surface area contributed by atoms with Gasteiger partial charge in [-0.2, -0.15) is 13.5 Å². The molecule has 1 aromatic carbocycles. The van der Waals surface area contributed by atoms with Gasteiger partial charge in [0, 0.05) is 24.3 Å². The maximum absolute atomic E-state index is 12.9. The fourth-order valence-corrected chi connectivity index (χ4v) is 4.46. The molecular formula is C14H18N4O2S. The highest BCUT2D eigenvalue weighted by atomic mass is 32.2. The average molecular weight is 306 g/mol. The van der Waals surface area contributed by atoms with E-state index in [1.54, 1.807) is 6.92 Å². The number of hydrogen-bond donors (Lipinski definition) is 2. The Labute approximate surface area is 124 Å². The molecule has 0 saturated carbocycles. The third-order valence-electron chi connectivity index (χ3n) is 3.84. The van der Waals surface area contributed by atoms with Gasteiger partial charge in [0.25, 0.3) is 10.0 Å². The fourth-order valence-electron chi connectivity index (χ4n) is 2.74. The van der Waals surface area contributed by atoms with Crippen LogP contribution in [-0.4, -0.2) is 25.2 Å². The molecule has 3 N–H and O–H groups in total. The number of sulfonamides is 1. The molecular weight excluding hydrogens is 288 g/mol. The number of hydrogen-bond acceptors (Lipinski definition) is 4. The smallest absolute Gasteiger partial charge is 0.284 e. The standard InChI is InChI=1S/C14H18N4O2S/c1-10-12(9-15)14(17-16-10)21(19,20)18-8-4-6-11-5-2-3-7-13(11)18/h2-3,5,7H,4,6,8-9,15H2,1H3,(H,16,17). The summed E-state index contributed by atoms with van der Waals surface area (Å²) >= 11 is 0. The van der Waals surface area contributed by atoms with Crippen molar-refractivity contribution < 1.29 is 8.42 Å². The van der Waals surface area contributed by atoms with E-state index in [0.29, 0.717) is 17.8 Å². The lowest BCUT2D eigenvalue weighted by Crippen LogP contribution is -2.36. The minimum absolute atomic E-state index is 0.0409. The molecule has 0 aliphatic carbocycles. The number of H-pyrrole nitrogens is 1. The number of nitrogens with two attached hydrogens (primary N) is 1. The van der Waals surface area contributed by atoms with Crippen molar-refractivity contribution in [2.75, 3.05) is 10.8 Å². The Morgan fingerprint density at radius 3 is 2.90 bits per heavy atom. The summed E-state index contributed by atoms with van der Waals surface area (Å²) in [6.45, 7) is 2.39. The summed E-state index contributed by atoms with van der Waals surface area (Å²) in [6, 6.07) is 7.59. The van der Waals surface area contributed by atoms with Crippen LogP contribution in [0.3, 0.4) is 0 Å². The first-order valence-electron chi connectivity index (χ1n) is 6.90. The van der Waals surface area contributed by atoms with Crippen LogP contribution in [0.4, 0.5) is 5.69 Å². The number of aryl methyl sites for hydroxylation is 2. The van der Waals surface area contributed by atoms with Gasteiger partial charge in [0.2, 0.25) is 5.03 Å². The number of para-hydroxylation sites is 1. The van der Waals surface area contributed by atoms with Gasteiger partial charge in [-0.1, -0.05) is 18.2 Å². The third-order valence-corrected chi connectivity index (χ3v) is 5.63. The molecule has 0 fully saturated rings. The van der Waals surface area contributed by atoms with Crippen LogP contribution >= 0.6 is 0 Å². The van der Waals surface area contributed by atoms with Gasteiger partial charge in [-0.15, -0.1) is 0 Å². The Morgan fingerprint density at radius 1 is 1.38 bits per heavy atom. The molecule has 6 nitrogen and oxygen atoms in total. The predicted molar refractivity (Wildman–Crippen MR) is 80.5 cm³/mol. The Balaban J connectivity index is 2.12. The molecule has 0 spiro atoms. The van der Waals surface area contributed by atoms with Crippen molar-refractivity contribution in [2.45, 2.75) is 31.3 Å². The van der Waals surface area contributed by atoms with E-state index in [-0.39, 0.29) is 11.6 Å². The lowest BCUT2D eigenvalue weighted by molar-refractivity contribution is 0.581. The number of anilines is 1. The van der Waals surface area contributed by atoms with E-state index in [1.165, 1.54) is 4.31 Å². The summed E-state index contributed by atoms with van der Waals surface area (Å²) in [4.78, 5) is 0. The molecule has 7 heteroatoms. The van der Waals surface area contributed by atoms with E-state index >= 15 is 0 Å². The minimum atomic E-state index is -3.69. The first-order chi connectivity index (χ1) is 10.1. The van der Waals surface area contributed by atoms with Gasteiger partial charge in [0.05, 0.1) is 5.69 Å². The van der Waals surface area contributed by atoms with Crippen molar-refractivity contribution in [3.8, 4) is 0 Å². The molecule has 0 amide bonds. The van der Waals surface area contributed by atoms with Crippen molar-refractivity contribution in [3.05, 3.63) is 41.1 Å². The first kappa shape index (κ1) is 14.1. The second-order valence-corrected chi connectivity index (χ2v) is 6.92. The normalized spacial score (nSPS) is 15.0. The molecule has 21 heavy (non-hydrogen) atoms. The van der Waals surface area contributed by atoms with Gasteiger partial charge in [0.1, 0.15) is 0 Å². The summed E-state index contributed by atoms with van der Waals surface area (Å²) < 4.78 is 27.3. The molecule has 0 bridgehead atoms. The van der Waals surface area contributed by atoms with E-state index in [2.05, 4.69) is 10.2 Å². The summed E-state index contributed by atoms with van der Waals surface area (Å²) in [6.07, 6.45) is 1.70. The van der Waals surface area contributed by atoms with Crippen LogP contribution in [0.25, 0.3) is 0 Å². The number of nitrogens with one attached hydrogen (secondary N) is 1. The van der Waals surface area contributed by atoms with Crippen LogP contribution in [0.15, 0.2) is 29.3 Å². The zero-order valence-corrected chi connectivity index (χ0v) is 12.7. The van der Waals surface area contributed by atoms with Crippen LogP contribution in [-0.2, 0) is 23.0 Å². The van der Waals surface area contributed by atoms with E-state index in [9.17, 15) is 8.42 Å². The highest BCUT2D eigenvalue weighted by Crippen LogP contribution is 2.32. The van der Waals surface area contributed by atoms with Gasteiger partial charge in [-0.05, 0) is 31.4 Å². The fraction of sp³-hybridized carbons (Fsp3) is 0.357. The van der Waals surface area contributed by atoms with Crippen LogP contribution < -0.4 is 10.0 Å². The topological polar surface area (TPSA) is 92.1 Å². The SMILES string of the molecule is Cc1[nH]nc(S(=O)(=O)N2CCCc3ccccc32)c1CN. The van der Waals surface area contributed by atoms with Gasteiger partial charge >= 0.3 is 0 Å². The second-order valence-electron chi connectivity index (χ2n) is 5.15. The lowest BCUT2D eigenvalue weighted by Gasteiger charge is -2.29. The number of aromatic nitrogens is 2. The molecule has 3 rings (SSSR count). The number of rotatable bonds is 3. The molecule has 1 aliphatic rings. The number of fused-ring (bicyclic) bond motifs is 1. The highest BCUT2D eigenvalue weighted by Gasteiger charge is 2.33. The molecule has 1 aliphatic heterocycles. The van der Waals surface area contributed by atoms with Crippen molar-refractivity contribution in [3.63, 3.8) is 0 Å². The van der Waals surface area contributed by atoms with Crippen LogP contribution in [0.1, 0.15) is 23.2 Å². The van der Waals surface area contributed by atoms with Gasteiger partial charge in [-0.3, -0.25) is 9.40 Å². The van der Waals surface area contributed by atoms with Crippen LogP contribution in [0.5, 0.6) is 0 Å². The number of nitrogens with zero attached hydrogens (tertiary/aromatic N) is 2. The molecule has 2 heterocycles. The van der Waals surface area contributed by atoms with E-state index in [1.807, 2.05) is 24.3 Å². The zero-order chi connectivity index (χ0) is 15.0. The quantitative estimate of drug-likeness (QED) is 0.894. The summed E-state index contributed by atoms with van der Waals surface area (Å²) in [5.41, 5.74) is 8.72. The summed E-state index contributed by atoms with van der Waals surface area (Å²) in [5.74, 6) is 0. The van der Waals surface area contributed by atoms with E-state index in [4.69, 9.17) is 5.73 Å². The van der Waals surface area contributed by atoms with E-state index in [0.717, 1.165) is 24.1 Å². The minimum Gasteiger partial charge on any atom is -0.326 e. The summed E-state index contributed by atoms with van der Waals surface area (Å²) in [7, 11) is -3.69. The zero-order valence-electron chi connectivity index (χ0n) is 11.8. The second kappa shape index (κ2) is 5.16. The molecule has 1 aromatic heterocycles. The van der Waals surface area contributed by atoms with Crippen molar-refractivity contribution in [1.82, 2.24) is 10.2 Å². The highest BCUT2D eigenvalue weighted by molar-refractivity contribution is 7.92. The van der Waals surface area contributed by atoms with Crippen molar-refractivity contribution in [2.24, 2.45) is 5.73 Å². The van der Waals surface area contributed by atoms with Gasteiger partial charge in [-0.25, -0.2) is 0 Å². The van der Waals surface area contributed by atoms with Crippen molar-refractivity contribution in [1.29, 1.82) is 0 Å². The van der Waals surface area contributed by atoms with Gasteiger partial charge in [0.15, 0.2) is 0 Å². The van der Waals surface area contributed by atoms with Crippen LogP contribution in [0.2, 0.25) is 0 Å². The molecule has 0 saturated heterocycles. The Morgan fingerprint density at radius 2 is 2.14 bits per heavy atom. The molecule has 2 aromatic rings. The first-order valence-corrected chi connectivity index (χ1v) is 8.34. The predicted octanol–water partition coefficient (Wildman–Crippen LogP) is 1.32. The number of benzene rings is 1. The number of aromatic amines is 1. The Kier molecular flexibility index (Phi) is 3.46. The molecule has 112 valence electrons. The molecule has 0 atom stereocenters. The summed E-state index contributed by atoms with van der Waals surface area (Å²) in [5, 5.41) is 6.73. The molecule has 0 radical (unpaired) electrons. The van der Waals surface area contributed by atoms with Crippen molar-refractivity contribution >= 4 is 15.7 Å². The Hall–Kier alpha value is -1.86. The third kappa shape index (κ3) is 2.22. The Bertz CT molecular complexity index is 767. The van der Waals surface area contributed by atoms with Gasteiger partial charge < -0.3 is 5.73 Å². The monoisotopic (exact) mass is 306 g/mol.